The second-order valence-electron chi connectivity index (χ2n) is 14.4. The Morgan fingerprint density at radius 2 is 1.64 bits per heavy atom. The number of anilines is 2. The van der Waals surface area contributed by atoms with Crippen LogP contribution < -0.4 is 37.5 Å². The highest BCUT2D eigenvalue weighted by molar-refractivity contribution is 7.09. The number of hydrogen-bond acceptors (Lipinski definition) is 12. The minimum atomic E-state index is -1.36. The summed E-state index contributed by atoms with van der Waals surface area (Å²) in [5.74, 6) is 2.52. The van der Waals surface area contributed by atoms with E-state index < -0.39 is 52.8 Å². The number of aromatic carboxylic acids is 1. The number of fused-ring (bicyclic) bond motifs is 1. The number of alkyl carbamates (subject to hydrolysis) is 1. The van der Waals surface area contributed by atoms with Gasteiger partial charge in [-0.2, -0.15) is 5.06 Å². The van der Waals surface area contributed by atoms with Gasteiger partial charge in [-0.05, 0) is 66.6 Å². The number of pyridine rings is 1. The summed E-state index contributed by atoms with van der Waals surface area (Å²) in [5, 5.41) is 21.5. The fourth-order valence-corrected chi connectivity index (χ4v) is 7.64. The largest absolute Gasteiger partial charge is 0.477 e. The van der Waals surface area contributed by atoms with Crippen molar-refractivity contribution >= 4 is 57.5 Å². The molecule has 0 saturated carbocycles. The Balaban J connectivity index is 1.02. The molecule has 6 rings (SSSR count). The lowest BCUT2D eigenvalue weighted by atomic mass is 10.1. The van der Waals surface area contributed by atoms with E-state index in [1.165, 1.54) is 17.5 Å². The second kappa shape index (κ2) is 21.4. The van der Waals surface area contributed by atoms with E-state index in [9.17, 15) is 29.1 Å². The van der Waals surface area contributed by atoms with Crippen LogP contribution in [0.4, 0.5) is 20.6 Å². The lowest BCUT2D eigenvalue weighted by Gasteiger charge is -2.35. The maximum atomic E-state index is 15.4. The molecule has 18 heteroatoms. The maximum Gasteiger partial charge on any atom is 0.408 e. The van der Waals surface area contributed by atoms with Crippen molar-refractivity contribution in [3.8, 4) is 0 Å². The molecule has 3 amide bonds. The van der Waals surface area contributed by atoms with Crippen LogP contribution in [-0.2, 0) is 45.3 Å². The normalized spacial score (nSPS) is 14.0. The molecule has 0 spiro atoms. The molecule has 2 atom stereocenters. The Bertz CT molecular complexity index is 2340. The number of carboxylic acids is 1. The number of thiophene rings is 1. The molecule has 3 heterocycles. The maximum absolute atomic E-state index is 15.4. The van der Waals surface area contributed by atoms with Gasteiger partial charge in [-0.3, -0.25) is 30.5 Å². The Kier molecular flexibility index (Phi) is 15.5. The molecular formula is C43H49FN8O8S. The van der Waals surface area contributed by atoms with E-state index in [1.54, 1.807) is 27.8 Å². The van der Waals surface area contributed by atoms with Crippen molar-refractivity contribution in [2.75, 3.05) is 42.9 Å². The molecule has 0 bridgehead atoms. The van der Waals surface area contributed by atoms with Crippen LogP contribution in [0.3, 0.4) is 0 Å². The van der Waals surface area contributed by atoms with Crippen molar-refractivity contribution in [2.24, 2.45) is 5.84 Å². The third kappa shape index (κ3) is 12.0. The number of aryl methyl sites for hydroxylation is 1. The molecule has 1 aliphatic heterocycles. The first-order valence-corrected chi connectivity index (χ1v) is 20.8. The summed E-state index contributed by atoms with van der Waals surface area (Å²) in [4.78, 5) is 73.2. The van der Waals surface area contributed by atoms with Gasteiger partial charge in [0.25, 0.3) is 0 Å². The van der Waals surface area contributed by atoms with E-state index in [0.717, 1.165) is 22.1 Å². The van der Waals surface area contributed by atoms with Crippen molar-refractivity contribution < 1.29 is 38.2 Å². The zero-order valence-corrected chi connectivity index (χ0v) is 34.4. The van der Waals surface area contributed by atoms with E-state index in [2.05, 4.69) is 21.4 Å². The molecule has 1 aliphatic rings. The number of hydrazine groups is 1. The minimum absolute atomic E-state index is 0.0178. The van der Waals surface area contributed by atoms with Gasteiger partial charge in [0, 0.05) is 67.8 Å². The number of piperazine rings is 1. The van der Waals surface area contributed by atoms with Crippen LogP contribution in [0.25, 0.3) is 10.9 Å². The zero-order chi connectivity index (χ0) is 43.3. The first kappa shape index (κ1) is 44.4. The highest BCUT2D eigenvalue weighted by atomic mass is 32.1. The van der Waals surface area contributed by atoms with Crippen LogP contribution in [0.1, 0.15) is 46.1 Å². The van der Waals surface area contributed by atoms with Crippen LogP contribution >= 0.6 is 11.3 Å². The quantitative estimate of drug-likeness (QED) is 0.0389. The van der Waals surface area contributed by atoms with E-state index >= 15 is 4.39 Å². The number of amides is 3. The van der Waals surface area contributed by atoms with Crippen molar-refractivity contribution in [3.05, 3.63) is 128 Å². The number of nitrogens with one attached hydrogen (secondary N) is 4. The third-order valence-corrected chi connectivity index (χ3v) is 11.1. The SMILES string of the molecule is CCn1cc(C(=O)O)c(=O)c2cc(F)c(N3CCN(OCc4ccc(NC(=O)[C@H](CCCNN)NC(=O)[C@H](Cc5cccs5)NC(=O)OCc5ccccc5)cc4)CC3)cc21. The number of hydrogen-bond donors (Lipinski definition) is 6. The van der Waals surface area contributed by atoms with Crippen LogP contribution in [0.5, 0.6) is 0 Å². The number of rotatable bonds is 19. The van der Waals surface area contributed by atoms with Crippen molar-refractivity contribution in [2.45, 2.75) is 58.0 Å². The summed E-state index contributed by atoms with van der Waals surface area (Å²) >= 11 is 1.44. The minimum Gasteiger partial charge on any atom is -0.477 e. The molecule has 2 aromatic heterocycles. The average molecular weight is 857 g/mol. The third-order valence-electron chi connectivity index (χ3n) is 10.2. The molecule has 16 nitrogen and oxygen atoms in total. The number of nitrogens with two attached hydrogens (primary N) is 1. The predicted octanol–water partition coefficient (Wildman–Crippen LogP) is 4.38. The molecule has 0 radical (unpaired) electrons. The number of carbonyl (C=O) groups excluding carboxylic acids is 3. The van der Waals surface area contributed by atoms with Crippen LogP contribution in [0.15, 0.2) is 95.2 Å². The molecule has 322 valence electrons. The van der Waals surface area contributed by atoms with E-state index in [0.29, 0.717) is 62.6 Å². The van der Waals surface area contributed by atoms with Crippen molar-refractivity contribution in [1.29, 1.82) is 0 Å². The van der Waals surface area contributed by atoms with Gasteiger partial charge in [0.15, 0.2) is 0 Å². The lowest BCUT2D eigenvalue weighted by molar-refractivity contribution is -0.171. The highest BCUT2D eigenvalue weighted by Gasteiger charge is 2.28. The van der Waals surface area contributed by atoms with Gasteiger partial charge in [0.05, 0.1) is 17.8 Å². The molecule has 7 N–H and O–H groups in total. The number of nitrogens with zero attached hydrogens (tertiary/aromatic N) is 3. The Hall–Kier alpha value is -6.18. The van der Waals surface area contributed by atoms with Gasteiger partial charge in [-0.1, -0.05) is 48.5 Å². The summed E-state index contributed by atoms with van der Waals surface area (Å²) in [6, 6.07) is 20.7. The fraction of sp³-hybridized carbons (Fsp3) is 0.326. The number of aromatic nitrogens is 1. The number of carbonyl (C=O) groups is 4. The summed E-state index contributed by atoms with van der Waals surface area (Å²) in [6.45, 7) is 4.72. The zero-order valence-electron chi connectivity index (χ0n) is 33.6. The number of ether oxygens (including phenoxy) is 1. The molecule has 5 aromatic rings. The number of hydroxylamine groups is 2. The fourth-order valence-electron chi connectivity index (χ4n) is 6.89. The molecule has 1 fully saturated rings. The van der Waals surface area contributed by atoms with Gasteiger partial charge in [0.2, 0.25) is 17.2 Å². The summed E-state index contributed by atoms with van der Waals surface area (Å²) in [5.41, 5.74) is 4.35. The Morgan fingerprint density at radius 3 is 2.31 bits per heavy atom. The second-order valence-corrected chi connectivity index (χ2v) is 15.4. The van der Waals surface area contributed by atoms with Crippen LogP contribution in [0, 0.1) is 5.82 Å². The molecule has 61 heavy (non-hydrogen) atoms. The topological polar surface area (TPSA) is 210 Å². The molecule has 0 unspecified atom stereocenters. The Labute approximate surface area is 355 Å². The number of halogens is 1. The van der Waals surface area contributed by atoms with Gasteiger partial charge in [0.1, 0.15) is 30.1 Å². The first-order valence-electron chi connectivity index (χ1n) is 19.9. The van der Waals surface area contributed by atoms with Crippen LogP contribution in [-0.4, -0.2) is 83.4 Å². The predicted molar refractivity (Wildman–Crippen MR) is 229 cm³/mol. The van der Waals surface area contributed by atoms with E-state index in [1.807, 2.05) is 71.8 Å². The summed E-state index contributed by atoms with van der Waals surface area (Å²) < 4.78 is 22.4. The summed E-state index contributed by atoms with van der Waals surface area (Å²) in [7, 11) is 0. The van der Waals surface area contributed by atoms with Crippen molar-refractivity contribution in [3.63, 3.8) is 0 Å². The summed E-state index contributed by atoms with van der Waals surface area (Å²) in [6.07, 6.45) is 1.48. The monoisotopic (exact) mass is 856 g/mol. The van der Waals surface area contributed by atoms with Gasteiger partial charge in [-0.25, -0.2) is 14.0 Å². The smallest absolute Gasteiger partial charge is 0.408 e. The van der Waals surface area contributed by atoms with E-state index in [4.69, 9.17) is 15.4 Å². The molecule has 1 saturated heterocycles. The van der Waals surface area contributed by atoms with Gasteiger partial charge >= 0.3 is 12.1 Å². The Morgan fingerprint density at radius 1 is 0.902 bits per heavy atom. The highest BCUT2D eigenvalue weighted by Crippen LogP contribution is 2.27. The number of benzene rings is 3. The molecule has 0 aliphatic carbocycles. The van der Waals surface area contributed by atoms with E-state index in [-0.39, 0.29) is 31.4 Å². The van der Waals surface area contributed by atoms with Gasteiger partial charge in [-0.15, -0.1) is 11.3 Å². The number of carboxylic acid groups (broad SMARTS) is 1. The van der Waals surface area contributed by atoms with Crippen LogP contribution in [0.2, 0.25) is 0 Å². The standard InChI is InChI=1S/C43H49FN8O8S/c1-2-50-25-33(42(56)57)39(53)32-23-34(44)38(24-37(32)50)51-17-19-52(20-18-51)60-27-29-12-14-30(15-13-29)47-40(54)35(11-6-16-46-45)48-41(55)36(22-31-10-7-21-61-31)49-43(58)59-26-28-8-4-3-5-9-28/h3-5,7-10,12-15,21,23-25,35-36,46H,2,6,11,16-20,22,26-27,45H2,1H3,(H,47,54)(H,48,55)(H,49,58)(H,56,57)/t35-,36-/m0/s1. The molecule has 3 aromatic carbocycles. The average Bonchev–Trinajstić information content (AvgIpc) is 3.79. The van der Waals surface area contributed by atoms with Crippen molar-refractivity contribution in [1.82, 2.24) is 25.7 Å². The first-order chi connectivity index (χ1) is 29.5. The lowest BCUT2D eigenvalue weighted by Crippen LogP contribution is -2.53. The van der Waals surface area contributed by atoms with Gasteiger partial charge < -0.3 is 35.3 Å². The molecular weight excluding hydrogens is 808 g/mol.